The summed E-state index contributed by atoms with van der Waals surface area (Å²) in [5.41, 5.74) is 0. The molecule has 0 saturated heterocycles. The second-order valence-electron chi connectivity index (χ2n) is 19.9. The van der Waals surface area contributed by atoms with Gasteiger partial charge in [0.2, 0.25) is 0 Å². The summed E-state index contributed by atoms with van der Waals surface area (Å²) in [5, 5.41) is 0. The van der Waals surface area contributed by atoms with Crippen LogP contribution in [0.2, 0.25) is 0 Å². The average molecular weight is 966 g/mol. The lowest BCUT2D eigenvalue weighted by molar-refractivity contribution is -0.166. The van der Waals surface area contributed by atoms with E-state index in [2.05, 4.69) is 69.4 Å². The number of hydrogen-bond acceptors (Lipinski definition) is 6. The maximum Gasteiger partial charge on any atom is 0.310 e. The lowest BCUT2D eigenvalue weighted by Gasteiger charge is -2.18. The van der Waals surface area contributed by atoms with Crippen LogP contribution in [-0.4, -0.2) is 37.2 Å². The van der Waals surface area contributed by atoms with Crippen LogP contribution >= 0.6 is 0 Å². The fraction of sp³-hybridized carbons (Fsp3) is 0.794. The quantitative estimate of drug-likeness (QED) is 0.0262. The van der Waals surface area contributed by atoms with Gasteiger partial charge in [0, 0.05) is 12.8 Å². The van der Waals surface area contributed by atoms with Gasteiger partial charge < -0.3 is 14.2 Å². The van der Waals surface area contributed by atoms with E-state index in [0.717, 1.165) is 83.5 Å². The Hall–Kier alpha value is -2.89. The molecule has 6 nitrogen and oxygen atoms in total. The first-order valence-corrected chi connectivity index (χ1v) is 29.8. The molecule has 0 bridgehead atoms. The van der Waals surface area contributed by atoms with Gasteiger partial charge in [-0.1, -0.05) is 300 Å². The molecule has 0 aromatic carbocycles. The third-order valence-electron chi connectivity index (χ3n) is 13.1. The van der Waals surface area contributed by atoms with Crippen molar-refractivity contribution in [3.63, 3.8) is 0 Å². The van der Waals surface area contributed by atoms with E-state index in [1.54, 1.807) is 6.08 Å². The van der Waals surface area contributed by atoms with Crippen LogP contribution in [0.5, 0.6) is 0 Å². The fourth-order valence-corrected chi connectivity index (χ4v) is 8.64. The van der Waals surface area contributed by atoms with Crippen molar-refractivity contribution in [1.29, 1.82) is 0 Å². The van der Waals surface area contributed by atoms with E-state index in [1.165, 1.54) is 180 Å². The number of hydrogen-bond donors (Lipinski definition) is 0. The number of carbonyl (C=O) groups is 3. The minimum atomic E-state index is -0.823. The second-order valence-corrected chi connectivity index (χ2v) is 19.9. The van der Waals surface area contributed by atoms with Crippen molar-refractivity contribution < 1.29 is 28.6 Å². The van der Waals surface area contributed by atoms with Crippen LogP contribution in [-0.2, 0) is 28.6 Å². The van der Waals surface area contributed by atoms with E-state index in [-0.39, 0.29) is 31.6 Å². The van der Waals surface area contributed by atoms with Crippen molar-refractivity contribution in [2.24, 2.45) is 0 Å². The Morgan fingerprint density at radius 3 is 0.826 bits per heavy atom. The number of allylic oxidation sites excluding steroid dienone is 9. The zero-order valence-electron chi connectivity index (χ0n) is 45.8. The summed E-state index contributed by atoms with van der Waals surface area (Å²) in [4.78, 5) is 37.7. The van der Waals surface area contributed by atoms with Crippen LogP contribution in [0, 0.1) is 0 Å². The molecule has 0 aromatic heterocycles. The smallest absolute Gasteiger partial charge is 0.310 e. The van der Waals surface area contributed by atoms with E-state index in [1.807, 2.05) is 6.08 Å². The van der Waals surface area contributed by atoms with Gasteiger partial charge in [-0.15, -0.1) is 0 Å². The molecule has 0 aliphatic rings. The highest BCUT2D eigenvalue weighted by Crippen LogP contribution is 2.17. The van der Waals surface area contributed by atoms with Crippen molar-refractivity contribution in [3.05, 3.63) is 60.8 Å². The Labute approximate surface area is 428 Å². The van der Waals surface area contributed by atoms with Gasteiger partial charge in [-0.3, -0.25) is 14.4 Å². The maximum absolute atomic E-state index is 12.7. The minimum absolute atomic E-state index is 0.100. The molecule has 0 radical (unpaired) electrons. The SMILES string of the molecule is CC/C=C\C/C=C\C/C=C\C/C=C\C/C=C\CC(=O)OC(COC(=O)CCCCCCC)COC(=O)CCCCCCCCCCCCCCCCCCCCCCCCCCCCCCCCC. The summed E-state index contributed by atoms with van der Waals surface area (Å²) in [7, 11) is 0. The lowest BCUT2D eigenvalue weighted by Crippen LogP contribution is -2.30. The topological polar surface area (TPSA) is 78.9 Å². The molecule has 0 N–H and O–H groups in total. The third kappa shape index (κ3) is 55.9. The standard InChI is InChI=1S/C63H112O6/c1-4-7-10-13-15-17-19-21-23-24-25-26-27-28-29-30-31-32-33-34-35-36-37-38-40-41-43-45-47-50-53-56-62(65)68-59-60(58-67-61(64)55-52-49-12-9-6-3)69-63(66)57-54-51-48-46-44-42-39-22-20-18-16-14-11-8-5-2/h8,11,16,18,22,39,44,46,51,54,60H,4-7,9-10,12-15,17,19-21,23-38,40-43,45,47-50,52-53,55-59H2,1-3H3/b11-8-,18-16-,39-22-,46-44-,54-51-. The normalized spacial score (nSPS) is 12.4. The summed E-state index contributed by atoms with van der Waals surface area (Å²) in [6.07, 6.45) is 73.3. The van der Waals surface area contributed by atoms with Gasteiger partial charge in [-0.2, -0.15) is 0 Å². The molecule has 0 aliphatic heterocycles. The van der Waals surface area contributed by atoms with Gasteiger partial charge in [0.25, 0.3) is 0 Å². The summed E-state index contributed by atoms with van der Waals surface area (Å²) >= 11 is 0. The van der Waals surface area contributed by atoms with Crippen molar-refractivity contribution in [1.82, 2.24) is 0 Å². The van der Waals surface area contributed by atoms with Gasteiger partial charge in [-0.05, 0) is 44.9 Å². The van der Waals surface area contributed by atoms with Crippen molar-refractivity contribution in [3.8, 4) is 0 Å². The largest absolute Gasteiger partial charge is 0.462 e. The molecule has 69 heavy (non-hydrogen) atoms. The highest BCUT2D eigenvalue weighted by molar-refractivity contribution is 5.72. The molecular weight excluding hydrogens is 853 g/mol. The van der Waals surface area contributed by atoms with E-state index in [9.17, 15) is 14.4 Å². The number of carbonyl (C=O) groups excluding carboxylic acids is 3. The van der Waals surface area contributed by atoms with Crippen molar-refractivity contribution in [2.45, 2.75) is 309 Å². The number of rotatable bonds is 54. The molecule has 0 aromatic rings. The number of unbranched alkanes of at least 4 members (excludes halogenated alkanes) is 34. The molecule has 1 unspecified atom stereocenters. The Bertz CT molecular complexity index is 1250. The van der Waals surface area contributed by atoms with Crippen molar-refractivity contribution >= 4 is 17.9 Å². The van der Waals surface area contributed by atoms with Gasteiger partial charge in [0.05, 0.1) is 6.42 Å². The Morgan fingerprint density at radius 1 is 0.304 bits per heavy atom. The first kappa shape index (κ1) is 66.1. The van der Waals surface area contributed by atoms with E-state index in [0.29, 0.717) is 12.8 Å². The van der Waals surface area contributed by atoms with E-state index in [4.69, 9.17) is 14.2 Å². The summed E-state index contributed by atoms with van der Waals surface area (Å²) in [6.45, 7) is 6.38. The second kappa shape index (κ2) is 57.7. The molecule has 0 spiro atoms. The van der Waals surface area contributed by atoms with Crippen LogP contribution in [0.3, 0.4) is 0 Å². The molecule has 6 heteroatoms. The first-order valence-electron chi connectivity index (χ1n) is 29.8. The molecule has 0 rings (SSSR count). The zero-order chi connectivity index (χ0) is 50.0. The van der Waals surface area contributed by atoms with Gasteiger partial charge in [-0.25, -0.2) is 0 Å². The predicted octanol–water partition coefficient (Wildman–Crippen LogP) is 20.0. The van der Waals surface area contributed by atoms with Gasteiger partial charge >= 0.3 is 17.9 Å². The average Bonchev–Trinajstić information content (AvgIpc) is 3.35. The Kier molecular flexibility index (Phi) is 55.3. The Morgan fingerprint density at radius 2 is 0.551 bits per heavy atom. The monoisotopic (exact) mass is 965 g/mol. The Balaban J connectivity index is 3.97. The van der Waals surface area contributed by atoms with Crippen LogP contribution in [0.15, 0.2) is 60.8 Å². The first-order chi connectivity index (χ1) is 34.0. The third-order valence-corrected chi connectivity index (χ3v) is 13.1. The van der Waals surface area contributed by atoms with E-state index >= 15 is 0 Å². The van der Waals surface area contributed by atoms with Crippen LogP contribution in [0.25, 0.3) is 0 Å². The molecule has 0 fully saturated rings. The van der Waals surface area contributed by atoms with Crippen molar-refractivity contribution in [2.75, 3.05) is 13.2 Å². The molecule has 0 aliphatic carbocycles. The lowest BCUT2D eigenvalue weighted by atomic mass is 10.0. The van der Waals surface area contributed by atoms with Gasteiger partial charge in [0.1, 0.15) is 13.2 Å². The number of ether oxygens (including phenoxy) is 3. The van der Waals surface area contributed by atoms with Crippen LogP contribution in [0.4, 0.5) is 0 Å². The molecule has 0 heterocycles. The number of esters is 3. The summed E-state index contributed by atoms with van der Waals surface area (Å²) < 4.78 is 16.6. The molecule has 400 valence electrons. The molecule has 0 amide bonds. The van der Waals surface area contributed by atoms with Crippen LogP contribution < -0.4 is 0 Å². The van der Waals surface area contributed by atoms with Crippen LogP contribution in [0.1, 0.15) is 303 Å². The summed E-state index contributed by atoms with van der Waals surface area (Å²) in [6, 6.07) is 0. The molecule has 0 saturated carbocycles. The maximum atomic E-state index is 12.7. The van der Waals surface area contributed by atoms with Gasteiger partial charge in [0.15, 0.2) is 6.10 Å². The van der Waals surface area contributed by atoms with E-state index < -0.39 is 12.1 Å². The molecule has 1 atom stereocenters. The molecular formula is C63H112O6. The minimum Gasteiger partial charge on any atom is -0.462 e. The predicted molar refractivity (Wildman–Crippen MR) is 298 cm³/mol. The zero-order valence-corrected chi connectivity index (χ0v) is 45.8. The summed E-state index contributed by atoms with van der Waals surface area (Å²) in [5.74, 6) is -1.05. The highest BCUT2D eigenvalue weighted by Gasteiger charge is 2.19. The highest BCUT2D eigenvalue weighted by atomic mass is 16.6. The fourth-order valence-electron chi connectivity index (χ4n) is 8.64.